The van der Waals surface area contributed by atoms with Gasteiger partial charge in [-0.15, -0.1) is 0 Å². The second-order valence-electron chi connectivity index (χ2n) is 15.5. The van der Waals surface area contributed by atoms with Crippen molar-refractivity contribution in [3.05, 3.63) is 68.8 Å². The van der Waals surface area contributed by atoms with Crippen LogP contribution in [0.15, 0.2) is 18.2 Å². The summed E-state index contributed by atoms with van der Waals surface area (Å²) in [7, 11) is 0. The maximum absolute atomic E-state index is 13.8. The van der Waals surface area contributed by atoms with Gasteiger partial charge < -0.3 is 40.4 Å². The number of unbranched alkanes of at least 4 members (excludes halogenated alkanes) is 3. The third-order valence-corrected chi connectivity index (χ3v) is 11.5. The lowest BCUT2D eigenvalue weighted by atomic mass is 9.85. The predicted octanol–water partition coefficient (Wildman–Crippen LogP) is 7.97. The monoisotopic (exact) mass is 813 g/mol. The van der Waals surface area contributed by atoms with E-state index in [2.05, 4.69) is 22.2 Å². The maximum atomic E-state index is 13.8. The Balaban J connectivity index is 1.91. The number of allylic oxidation sites excluding steroid dienone is 2. The van der Waals surface area contributed by atoms with Crippen LogP contribution in [-0.2, 0) is 30.3 Å². The first-order valence-corrected chi connectivity index (χ1v) is 20.2. The summed E-state index contributed by atoms with van der Waals surface area (Å²) in [5.74, 6) is -7.27. The number of nitrogens with one attached hydrogen (secondary N) is 3. The molecule has 0 radical (unpaired) electrons. The standard InChI is InChI=1S/C44H55N5O10/c1-8-10-11-12-15-59-25(7)39-23(5)31-17-30-22(4)27(13-14-37(51)52)41(48-30)28(16-36(50)47-35(43(55)56)20-38(53)54)42-40(44(57)58)24(6)32(49-42)18-33-26(9-2)21(3)29(45-33)19-34(39)46-31/h17-19,22,25,27,35,46,49H,8-16,20H2,1-7H3,(H,47,50)(H,51,52)(H,53,54)(H,55,56)(H,57,58)/t22-,25?,27-,35-/m0/s1. The van der Waals surface area contributed by atoms with Gasteiger partial charge in [-0.3, -0.25) is 19.4 Å². The highest BCUT2D eigenvalue weighted by Crippen LogP contribution is 2.43. The number of aryl methyl sites for hydroxylation is 2. The summed E-state index contributed by atoms with van der Waals surface area (Å²) in [4.78, 5) is 79.3. The van der Waals surface area contributed by atoms with Gasteiger partial charge in [0.2, 0.25) is 5.91 Å². The van der Waals surface area contributed by atoms with Gasteiger partial charge in [0.15, 0.2) is 0 Å². The van der Waals surface area contributed by atoms with Crippen LogP contribution >= 0.6 is 0 Å². The lowest BCUT2D eigenvalue weighted by Crippen LogP contribution is -2.43. The first kappa shape index (κ1) is 44.3. The van der Waals surface area contributed by atoms with Crippen molar-refractivity contribution in [1.82, 2.24) is 25.3 Å². The quantitative estimate of drug-likeness (QED) is 0.0605. The molecule has 0 aromatic carbocycles. The molecule has 4 atom stereocenters. The van der Waals surface area contributed by atoms with Gasteiger partial charge in [-0.25, -0.2) is 14.6 Å². The molecule has 1 unspecified atom stereocenters. The Morgan fingerprint density at radius 2 is 1.56 bits per heavy atom. The van der Waals surface area contributed by atoms with Crippen molar-refractivity contribution in [3.63, 3.8) is 0 Å². The number of carboxylic acid groups (broad SMARTS) is 4. The van der Waals surface area contributed by atoms with Gasteiger partial charge in [-0.2, -0.15) is 0 Å². The van der Waals surface area contributed by atoms with Crippen molar-refractivity contribution in [3.8, 4) is 0 Å². The fraction of sp³-hybridized carbons (Fsp3) is 0.477. The number of nitrogens with zero attached hydrogens (tertiary/aromatic N) is 2. The van der Waals surface area contributed by atoms with E-state index in [4.69, 9.17) is 14.7 Å². The molecule has 8 bridgehead atoms. The Bertz CT molecular complexity index is 2360. The number of aromatic carboxylic acids is 1. The summed E-state index contributed by atoms with van der Waals surface area (Å²) >= 11 is 0. The molecule has 0 aliphatic carbocycles. The third-order valence-electron chi connectivity index (χ3n) is 11.5. The molecule has 15 nitrogen and oxygen atoms in total. The smallest absolute Gasteiger partial charge is 0.338 e. The Morgan fingerprint density at radius 1 is 0.864 bits per heavy atom. The zero-order chi connectivity index (χ0) is 43.3. The fourth-order valence-corrected chi connectivity index (χ4v) is 8.29. The van der Waals surface area contributed by atoms with E-state index in [1.807, 2.05) is 46.8 Å². The highest BCUT2D eigenvalue weighted by molar-refractivity contribution is 6.03. The van der Waals surface area contributed by atoms with Gasteiger partial charge in [0.1, 0.15) is 6.04 Å². The van der Waals surface area contributed by atoms with Gasteiger partial charge in [0.25, 0.3) is 0 Å². The number of aromatic amines is 2. The van der Waals surface area contributed by atoms with Crippen molar-refractivity contribution >= 4 is 63.0 Å². The number of hydrogen-bond donors (Lipinski definition) is 7. The molecule has 7 N–H and O–H groups in total. The van der Waals surface area contributed by atoms with Gasteiger partial charge >= 0.3 is 23.9 Å². The van der Waals surface area contributed by atoms with E-state index in [0.29, 0.717) is 35.5 Å². The lowest BCUT2D eigenvalue weighted by molar-refractivity contribution is -0.147. The van der Waals surface area contributed by atoms with Crippen LogP contribution in [0.2, 0.25) is 0 Å². The Labute approximate surface area is 342 Å². The van der Waals surface area contributed by atoms with Gasteiger partial charge in [0.05, 0.1) is 47.1 Å². The number of aliphatic carboxylic acids is 3. The number of rotatable bonds is 18. The summed E-state index contributed by atoms with van der Waals surface area (Å²) in [5.41, 5.74) is 8.23. The average molecular weight is 814 g/mol. The first-order valence-electron chi connectivity index (χ1n) is 20.2. The molecule has 0 fully saturated rings. The number of fused-ring (bicyclic) bond motifs is 8. The third kappa shape index (κ3) is 9.73. The summed E-state index contributed by atoms with van der Waals surface area (Å²) in [6.07, 6.45) is 2.94. The van der Waals surface area contributed by atoms with Crippen molar-refractivity contribution in [2.75, 3.05) is 6.61 Å². The molecule has 15 heteroatoms. The normalized spacial score (nSPS) is 16.2. The van der Waals surface area contributed by atoms with E-state index in [9.17, 15) is 44.4 Å². The van der Waals surface area contributed by atoms with Crippen LogP contribution in [0.25, 0.3) is 33.2 Å². The lowest BCUT2D eigenvalue weighted by Gasteiger charge is -2.18. The Hall–Kier alpha value is -5.83. The zero-order valence-electron chi connectivity index (χ0n) is 34.7. The minimum absolute atomic E-state index is 0.0415. The zero-order valence-corrected chi connectivity index (χ0v) is 34.7. The molecule has 59 heavy (non-hydrogen) atoms. The number of H-pyrrole nitrogens is 2. The molecular formula is C44H55N5O10. The number of carbonyl (C=O) groups excluding carboxylic acids is 1. The van der Waals surface area contributed by atoms with E-state index in [1.54, 1.807) is 13.0 Å². The SMILES string of the molecule is CCCCCCOC(C)c1c(C)c2cc3nc(c(CC(=O)N[C@@H](CC(=O)O)C(=O)O)c4[nH]c(cc5nc(cc1[nH]2)C(C)=C5CC)c(C)c4C(=O)O)[C@@H](CCC(=O)O)[C@@H]3C. The molecule has 1 amide bonds. The number of ether oxygens (including phenoxy) is 1. The molecule has 2 aliphatic heterocycles. The second-order valence-corrected chi connectivity index (χ2v) is 15.5. The number of aromatic nitrogens is 4. The van der Waals surface area contributed by atoms with Crippen LogP contribution < -0.4 is 5.32 Å². The molecule has 3 aromatic heterocycles. The van der Waals surface area contributed by atoms with Gasteiger partial charge in [-0.1, -0.05) is 40.0 Å². The van der Waals surface area contributed by atoms with Crippen LogP contribution in [0.1, 0.15) is 159 Å². The van der Waals surface area contributed by atoms with Crippen molar-refractivity contribution in [2.24, 2.45) is 0 Å². The second kappa shape index (κ2) is 18.8. The average Bonchev–Trinajstić information content (AvgIpc) is 3.85. The summed E-state index contributed by atoms with van der Waals surface area (Å²) in [6.45, 7) is 14.3. The van der Waals surface area contributed by atoms with Gasteiger partial charge in [0, 0.05) is 58.2 Å². The van der Waals surface area contributed by atoms with Crippen LogP contribution in [0.4, 0.5) is 0 Å². The Morgan fingerprint density at radius 3 is 2.19 bits per heavy atom. The summed E-state index contributed by atoms with van der Waals surface area (Å²) < 4.78 is 6.41. The molecule has 0 spiro atoms. The van der Waals surface area contributed by atoms with E-state index in [0.717, 1.165) is 64.7 Å². The number of carboxylic acids is 4. The van der Waals surface area contributed by atoms with Crippen molar-refractivity contribution in [2.45, 2.75) is 130 Å². The summed E-state index contributed by atoms with van der Waals surface area (Å²) in [5, 5.41) is 41.8. The van der Waals surface area contributed by atoms with E-state index < -0.39 is 60.5 Å². The first-order chi connectivity index (χ1) is 28.0. The van der Waals surface area contributed by atoms with Gasteiger partial charge in [-0.05, 0) is 87.4 Å². The highest BCUT2D eigenvalue weighted by Gasteiger charge is 2.34. The molecule has 5 heterocycles. The van der Waals surface area contributed by atoms with E-state index in [1.165, 1.54) is 0 Å². The molecule has 0 saturated heterocycles. The van der Waals surface area contributed by atoms with Crippen LogP contribution in [-0.4, -0.2) is 82.8 Å². The van der Waals surface area contributed by atoms with E-state index in [-0.39, 0.29) is 41.3 Å². The predicted molar refractivity (Wildman–Crippen MR) is 222 cm³/mol. The van der Waals surface area contributed by atoms with Crippen molar-refractivity contribution in [1.29, 1.82) is 0 Å². The minimum Gasteiger partial charge on any atom is -0.481 e. The summed E-state index contributed by atoms with van der Waals surface area (Å²) in [6, 6.07) is 3.90. The molecule has 2 aliphatic rings. The van der Waals surface area contributed by atoms with Crippen LogP contribution in [0.5, 0.6) is 0 Å². The number of amides is 1. The van der Waals surface area contributed by atoms with Crippen LogP contribution in [0.3, 0.4) is 0 Å². The fourth-order valence-electron chi connectivity index (χ4n) is 8.29. The molecule has 5 rings (SSSR count). The topological polar surface area (TPSA) is 245 Å². The molecular weight excluding hydrogens is 759 g/mol. The van der Waals surface area contributed by atoms with Crippen molar-refractivity contribution < 1.29 is 49.1 Å². The maximum Gasteiger partial charge on any atom is 0.338 e. The Kier molecular flexibility index (Phi) is 14.1. The van der Waals surface area contributed by atoms with Crippen LogP contribution in [0, 0.1) is 13.8 Å². The largest absolute Gasteiger partial charge is 0.481 e. The highest BCUT2D eigenvalue weighted by atomic mass is 16.5. The van der Waals surface area contributed by atoms with E-state index >= 15 is 0 Å². The molecule has 316 valence electrons. The minimum atomic E-state index is -1.77. The molecule has 0 saturated carbocycles. The number of carbonyl (C=O) groups is 5. The molecule has 3 aromatic rings. The number of hydrogen-bond acceptors (Lipinski definition) is 8.